The third-order valence-electron chi connectivity index (χ3n) is 5.38. The number of β-amino-alcohol motifs (C(OH)–C–C–N with tert-alkyl or cyclic N) is 1. The van der Waals surface area contributed by atoms with Gasteiger partial charge in [-0.2, -0.15) is 0 Å². The normalized spacial score (nSPS) is 25.2. The molecule has 2 amide bonds. The highest BCUT2D eigenvalue weighted by atomic mass is 35.5. The summed E-state index contributed by atoms with van der Waals surface area (Å²) >= 11 is 0. The van der Waals surface area contributed by atoms with Crippen molar-refractivity contribution in [3.8, 4) is 0 Å². The minimum absolute atomic E-state index is 0. The Kier molecular flexibility index (Phi) is 15.3. The van der Waals surface area contributed by atoms with Crippen molar-refractivity contribution in [2.75, 3.05) is 39.4 Å². The minimum Gasteiger partial charge on any atom is -0.388 e. The van der Waals surface area contributed by atoms with Gasteiger partial charge in [0, 0.05) is 39.2 Å². The number of amides is 2. The zero-order valence-electron chi connectivity index (χ0n) is 20.0. The number of nitrogens with two attached hydrogens (primary N) is 1. The Morgan fingerprint density at radius 3 is 2.19 bits per heavy atom. The molecule has 9 nitrogen and oxygen atoms in total. The van der Waals surface area contributed by atoms with Gasteiger partial charge in [-0.3, -0.25) is 9.59 Å². The molecule has 4 atom stereocenters. The van der Waals surface area contributed by atoms with Crippen LogP contribution in [0.5, 0.6) is 0 Å². The molecule has 0 aromatic carbocycles. The van der Waals surface area contributed by atoms with Crippen LogP contribution in [-0.2, 0) is 14.3 Å². The van der Waals surface area contributed by atoms with Crippen molar-refractivity contribution in [3.05, 3.63) is 0 Å². The van der Waals surface area contributed by atoms with Gasteiger partial charge in [0.2, 0.25) is 11.8 Å². The summed E-state index contributed by atoms with van der Waals surface area (Å²) in [5, 5.41) is 30.7. The van der Waals surface area contributed by atoms with E-state index in [4.69, 9.17) is 10.5 Å². The molecule has 1 saturated heterocycles. The van der Waals surface area contributed by atoms with Crippen LogP contribution in [0.15, 0.2) is 0 Å². The average Bonchev–Trinajstić information content (AvgIpc) is 2.68. The lowest BCUT2D eigenvalue weighted by molar-refractivity contribution is -0.140. The highest BCUT2D eigenvalue weighted by Crippen LogP contribution is 2.12. The van der Waals surface area contributed by atoms with E-state index in [0.717, 1.165) is 0 Å². The number of hydrogen-bond donors (Lipinski definition) is 4. The average molecular weight is 482 g/mol. The van der Waals surface area contributed by atoms with Crippen LogP contribution in [0, 0.1) is 11.8 Å². The molecule has 0 unspecified atom stereocenters. The summed E-state index contributed by atoms with van der Waals surface area (Å²) in [5.41, 5.74) is 6.13. The number of aliphatic hydroxyl groups is 3. The van der Waals surface area contributed by atoms with Gasteiger partial charge >= 0.3 is 0 Å². The van der Waals surface area contributed by atoms with Crippen LogP contribution in [-0.4, -0.2) is 101 Å². The Bertz CT molecular complexity index is 552. The molecular formula is C22H44ClN3O6. The lowest BCUT2D eigenvalue weighted by Crippen LogP contribution is -2.51. The van der Waals surface area contributed by atoms with Gasteiger partial charge in [0.15, 0.2) is 0 Å². The molecule has 0 spiro atoms. The number of halogens is 1. The molecule has 0 aliphatic carbocycles. The van der Waals surface area contributed by atoms with Gasteiger partial charge in [0.05, 0.1) is 12.6 Å². The molecular weight excluding hydrogens is 438 g/mol. The Morgan fingerprint density at radius 2 is 1.59 bits per heavy atom. The Balaban J connectivity index is 0.00000961. The zero-order valence-corrected chi connectivity index (χ0v) is 20.8. The van der Waals surface area contributed by atoms with E-state index >= 15 is 0 Å². The van der Waals surface area contributed by atoms with Crippen molar-refractivity contribution < 1.29 is 29.6 Å². The summed E-state index contributed by atoms with van der Waals surface area (Å²) in [5.74, 6) is 0.102. The standard InChI is InChI=1S/C22H43N3O6.ClH/c1-15(2)11-17(23)22(30)24-7-5-6-10-31-14-19(27)21(29)18(26)13-25(9-8-24)20(28)12-16(3)4;/h15-19,21,26-27,29H,5-14,23H2,1-4H3;1H/t17-,18-,19+,21+;/m0./s1. The number of nitrogens with zero attached hydrogens (tertiary/aromatic N) is 2. The maximum atomic E-state index is 12.9. The molecule has 190 valence electrons. The first-order valence-corrected chi connectivity index (χ1v) is 11.5. The van der Waals surface area contributed by atoms with Gasteiger partial charge in [-0.25, -0.2) is 0 Å². The zero-order chi connectivity index (χ0) is 23.6. The molecule has 0 bridgehead atoms. The van der Waals surface area contributed by atoms with E-state index < -0.39 is 24.4 Å². The van der Waals surface area contributed by atoms with Gasteiger partial charge in [-0.15, -0.1) is 12.4 Å². The van der Waals surface area contributed by atoms with Crippen molar-refractivity contribution >= 4 is 24.2 Å². The minimum atomic E-state index is -1.44. The van der Waals surface area contributed by atoms with Crippen molar-refractivity contribution in [1.29, 1.82) is 0 Å². The second-order valence-corrected chi connectivity index (χ2v) is 9.41. The molecule has 1 fully saturated rings. The maximum absolute atomic E-state index is 12.9. The number of carbonyl (C=O) groups is 2. The maximum Gasteiger partial charge on any atom is 0.239 e. The number of aliphatic hydroxyl groups excluding tert-OH is 3. The molecule has 5 N–H and O–H groups in total. The quantitative estimate of drug-likeness (QED) is 0.445. The van der Waals surface area contributed by atoms with Crippen LogP contribution in [0.4, 0.5) is 0 Å². The Labute approximate surface area is 198 Å². The number of carbonyl (C=O) groups excluding carboxylic acids is 2. The first kappa shape index (κ1) is 31.0. The van der Waals surface area contributed by atoms with Crippen molar-refractivity contribution in [2.45, 2.75) is 77.7 Å². The largest absolute Gasteiger partial charge is 0.388 e. The van der Waals surface area contributed by atoms with Crippen molar-refractivity contribution in [3.63, 3.8) is 0 Å². The van der Waals surface area contributed by atoms with E-state index in [1.54, 1.807) is 4.90 Å². The summed E-state index contributed by atoms with van der Waals surface area (Å²) in [6.45, 7) is 9.02. The van der Waals surface area contributed by atoms with Crippen LogP contribution in [0.3, 0.4) is 0 Å². The SMILES string of the molecule is CC(C)CC(=O)N1CCN(C(=O)[C@@H](N)CC(C)C)CCCCOC[C@@H](O)[C@H](O)[C@@H](O)C1.Cl. The lowest BCUT2D eigenvalue weighted by atomic mass is 10.0. The fraction of sp³-hybridized carbons (Fsp3) is 0.909. The van der Waals surface area contributed by atoms with Gasteiger partial charge in [0.25, 0.3) is 0 Å². The topological polar surface area (TPSA) is 137 Å². The molecule has 1 heterocycles. The second-order valence-electron chi connectivity index (χ2n) is 9.41. The van der Waals surface area contributed by atoms with Crippen molar-refractivity contribution in [2.24, 2.45) is 17.6 Å². The van der Waals surface area contributed by atoms with Gasteiger partial charge in [-0.05, 0) is 31.1 Å². The van der Waals surface area contributed by atoms with Crippen LogP contribution in [0.1, 0.15) is 53.4 Å². The molecule has 0 radical (unpaired) electrons. The Hall–Kier alpha value is -0.970. The molecule has 0 saturated carbocycles. The summed E-state index contributed by atoms with van der Waals surface area (Å²) in [7, 11) is 0. The summed E-state index contributed by atoms with van der Waals surface area (Å²) in [6, 6.07) is -0.600. The third-order valence-corrected chi connectivity index (χ3v) is 5.38. The van der Waals surface area contributed by atoms with Crippen LogP contribution >= 0.6 is 12.4 Å². The van der Waals surface area contributed by atoms with E-state index in [0.29, 0.717) is 44.9 Å². The van der Waals surface area contributed by atoms with Crippen LogP contribution < -0.4 is 5.73 Å². The van der Waals surface area contributed by atoms with Gasteiger partial charge in [0.1, 0.15) is 18.3 Å². The number of rotatable bonds is 5. The van der Waals surface area contributed by atoms with E-state index in [1.807, 2.05) is 27.7 Å². The molecule has 0 aromatic rings. The predicted molar refractivity (Wildman–Crippen MR) is 125 cm³/mol. The second kappa shape index (κ2) is 15.8. The molecule has 0 aromatic heterocycles. The predicted octanol–water partition coefficient (Wildman–Crippen LogP) is 0.378. The van der Waals surface area contributed by atoms with Crippen LogP contribution in [0.2, 0.25) is 0 Å². The van der Waals surface area contributed by atoms with Gasteiger partial charge in [-0.1, -0.05) is 27.7 Å². The monoisotopic (exact) mass is 481 g/mol. The first-order valence-electron chi connectivity index (χ1n) is 11.5. The van der Waals surface area contributed by atoms with Crippen molar-refractivity contribution in [1.82, 2.24) is 9.80 Å². The first-order chi connectivity index (χ1) is 14.5. The Morgan fingerprint density at radius 1 is 0.969 bits per heavy atom. The molecule has 32 heavy (non-hydrogen) atoms. The van der Waals surface area contributed by atoms with E-state index in [1.165, 1.54) is 4.90 Å². The number of ether oxygens (including phenoxy) is 1. The highest BCUT2D eigenvalue weighted by Gasteiger charge is 2.30. The molecule has 1 aliphatic rings. The van der Waals surface area contributed by atoms with Gasteiger partial charge < -0.3 is 35.6 Å². The highest BCUT2D eigenvalue weighted by molar-refractivity contribution is 5.85. The lowest BCUT2D eigenvalue weighted by Gasteiger charge is -2.33. The smallest absolute Gasteiger partial charge is 0.239 e. The van der Waals surface area contributed by atoms with E-state index in [2.05, 4.69) is 0 Å². The number of hydrogen-bond acceptors (Lipinski definition) is 7. The third kappa shape index (κ3) is 11.2. The van der Waals surface area contributed by atoms with Crippen LogP contribution in [0.25, 0.3) is 0 Å². The molecule has 1 aliphatic heterocycles. The summed E-state index contributed by atoms with van der Waals surface area (Å²) in [6.07, 6.45) is -1.77. The fourth-order valence-electron chi connectivity index (χ4n) is 3.61. The fourth-order valence-corrected chi connectivity index (χ4v) is 3.61. The summed E-state index contributed by atoms with van der Waals surface area (Å²) < 4.78 is 5.40. The van der Waals surface area contributed by atoms with E-state index in [9.17, 15) is 24.9 Å². The molecule has 10 heteroatoms. The van der Waals surface area contributed by atoms with E-state index in [-0.39, 0.29) is 56.3 Å². The summed E-state index contributed by atoms with van der Waals surface area (Å²) in [4.78, 5) is 28.8. The molecule has 1 rings (SSSR count).